The Balaban J connectivity index is 1.98. The Labute approximate surface area is 96.3 Å². The third-order valence-electron chi connectivity index (χ3n) is 3.07. The second kappa shape index (κ2) is 4.90. The number of likely N-dealkylation sites (tertiary alicyclic amines) is 1. The molecule has 0 aromatic carbocycles. The van der Waals surface area contributed by atoms with E-state index in [1.807, 2.05) is 18.4 Å². The van der Waals surface area contributed by atoms with Crippen molar-refractivity contribution >= 4 is 11.6 Å². The van der Waals surface area contributed by atoms with Crippen molar-refractivity contribution in [2.75, 3.05) is 19.6 Å². The Bertz CT molecular complexity index is 275. The average molecular weight is 228 g/mol. The largest absolute Gasteiger partial charge is 0.305 e. The Kier molecular flexibility index (Phi) is 3.54. The van der Waals surface area contributed by atoms with Crippen LogP contribution in [0.5, 0.6) is 0 Å². The van der Waals surface area contributed by atoms with Crippen LogP contribution >= 0.6 is 11.6 Å². The number of allylic oxidation sites excluding steroid dienone is 2. The van der Waals surface area contributed by atoms with Gasteiger partial charge in [0.2, 0.25) is 0 Å². The molecule has 0 unspecified atom stereocenters. The fourth-order valence-corrected chi connectivity index (χ4v) is 2.46. The van der Waals surface area contributed by atoms with Crippen LogP contribution in [-0.2, 0) is 0 Å². The first-order chi connectivity index (χ1) is 7.31. The number of hydrogen-bond donors (Lipinski definition) is 1. The van der Waals surface area contributed by atoms with Gasteiger partial charge in [-0.05, 0) is 38.1 Å². The first-order valence-electron chi connectivity index (χ1n) is 5.61. The summed E-state index contributed by atoms with van der Waals surface area (Å²) in [6.07, 6.45) is 8.25. The standard InChI is InChI=1S/C11H18ClN3/c1-2-14-8-4-5-10(9-14)15-11(12)6-3-7-13-15/h3,6-7,10,13H,2,4-5,8-9H2,1H3/t10-/m1/s1. The first kappa shape index (κ1) is 10.8. The smallest absolute Gasteiger partial charge is 0.123 e. The van der Waals surface area contributed by atoms with Gasteiger partial charge in [-0.2, -0.15) is 0 Å². The fourth-order valence-electron chi connectivity index (χ4n) is 2.20. The molecule has 2 aliphatic heterocycles. The highest BCUT2D eigenvalue weighted by Gasteiger charge is 2.25. The van der Waals surface area contributed by atoms with Gasteiger partial charge < -0.3 is 10.3 Å². The number of halogens is 1. The van der Waals surface area contributed by atoms with Crippen molar-refractivity contribution < 1.29 is 0 Å². The van der Waals surface area contributed by atoms with E-state index in [1.165, 1.54) is 19.4 Å². The van der Waals surface area contributed by atoms with Gasteiger partial charge in [0.25, 0.3) is 0 Å². The van der Waals surface area contributed by atoms with Crippen LogP contribution in [0.4, 0.5) is 0 Å². The molecule has 15 heavy (non-hydrogen) atoms. The molecule has 0 amide bonds. The molecule has 0 aromatic rings. The van der Waals surface area contributed by atoms with Crippen molar-refractivity contribution in [1.82, 2.24) is 15.3 Å². The summed E-state index contributed by atoms with van der Waals surface area (Å²) in [6.45, 7) is 5.66. The maximum atomic E-state index is 6.16. The van der Waals surface area contributed by atoms with Gasteiger partial charge in [0.1, 0.15) is 5.16 Å². The molecule has 1 fully saturated rings. The minimum Gasteiger partial charge on any atom is -0.305 e. The van der Waals surface area contributed by atoms with E-state index < -0.39 is 0 Å². The number of likely N-dealkylation sites (N-methyl/N-ethyl adjacent to an activating group) is 1. The van der Waals surface area contributed by atoms with Crippen molar-refractivity contribution in [2.45, 2.75) is 25.8 Å². The molecule has 0 bridgehead atoms. The molecule has 1 N–H and O–H groups in total. The quantitative estimate of drug-likeness (QED) is 0.727. The SMILES string of the molecule is CCN1CCC[C@@H](N2NC=CC=C2Cl)C1. The summed E-state index contributed by atoms with van der Waals surface area (Å²) in [5.41, 5.74) is 3.21. The minimum absolute atomic E-state index is 0.493. The van der Waals surface area contributed by atoms with Crippen LogP contribution in [0.3, 0.4) is 0 Å². The molecule has 0 radical (unpaired) electrons. The Morgan fingerprint density at radius 1 is 1.60 bits per heavy atom. The lowest BCUT2D eigenvalue weighted by atomic mass is 10.1. The molecular formula is C11H18ClN3. The van der Waals surface area contributed by atoms with Gasteiger partial charge in [-0.1, -0.05) is 18.5 Å². The normalized spacial score (nSPS) is 27.5. The number of nitrogens with zero attached hydrogens (tertiary/aromatic N) is 2. The predicted octanol–water partition coefficient (Wildman–Crippen LogP) is 1.88. The van der Waals surface area contributed by atoms with E-state index in [9.17, 15) is 0 Å². The molecule has 1 atom stereocenters. The summed E-state index contributed by atoms with van der Waals surface area (Å²) >= 11 is 6.16. The lowest BCUT2D eigenvalue weighted by molar-refractivity contribution is 0.108. The molecule has 0 aromatic heterocycles. The van der Waals surface area contributed by atoms with Crippen molar-refractivity contribution in [2.24, 2.45) is 0 Å². The summed E-state index contributed by atoms with van der Waals surface area (Å²) in [5, 5.41) is 2.86. The average Bonchev–Trinajstić information content (AvgIpc) is 2.30. The number of hydrogen-bond acceptors (Lipinski definition) is 3. The van der Waals surface area contributed by atoms with E-state index >= 15 is 0 Å². The summed E-state index contributed by atoms with van der Waals surface area (Å²) < 4.78 is 0. The maximum absolute atomic E-state index is 6.16. The zero-order valence-corrected chi connectivity index (χ0v) is 9.87. The fraction of sp³-hybridized carbons (Fsp3) is 0.636. The molecule has 84 valence electrons. The number of hydrazine groups is 1. The lowest BCUT2D eigenvalue weighted by Crippen LogP contribution is -2.51. The highest BCUT2D eigenvalue weighted by Crippen LogP contribution is 2.21. The maximum Gasteiger partial charge on any atom is 0.123 e. The molecule has 2 aliphatic rings. The van der Waals surface area contributed by atoms with Crippen molar-refractivity contribution in [3.8, 4) is 0 Å². The molecule has 0 saturated carbocycles. The summed E-state index contributed by atoms with van der Waals surface area (Å²) in [6, 6.07) is 0.493. The minimum atomic E-state index is 0.493. The van der Waals surface area contributed by atoms with Crippen LogP contribution < -0.4 is 5.43 Å². The van der Waals surface area contributed by atoms with Gasteiger partial charge in [0.15, 0.2) is 0 Å². The second-order valence-corrected chi connectivity index (χ2v) is 4.42. The number of rotatable bonds is 2. The van der Waals surface area contributed by atoms with Crippen LogP contribution in [0.2, 0.25) is 0 Å². The van der Waals surface area contributed by atoms with E-state index in [1.54, 1.807) is 0 Å². The van der Waals surface area contributed by atoms with Crippen LogP contribution in [0.15, 0.2) is 23.5 Å². The van der Waals surface area contributed by atoms with E-state index in [0.29, 0.717) is 6.04 Å². The van der Waals surface area contributed by atoms with Gasteiger partial charge in [-0.15, -0.1) is 0 Å². The molecule has 3 nitrogen and oxygen atoms in total. The van der Waals surface area contributed by atoms with E-state index in [4.69, 9.17) is 11.6 Å². The third-order valence-corrected chi connectivity index (χ3v) is 3.37. The molecule has 2 rings (SSSR count). The van der Waals surface area contributed by atoms with Gasteiger partial charge in [-0.25, -0.2) is 0 Å². The topological polar surface area (TPSA) is 18.5 Å². The molecule has 0 spiro atoms. The third kappa shape index (κ3) is 2.47. The molecule has 1 saturated heterocycles. The lowest BCUT2D eigenvalue weighted by Gasteiger charge is -2.40. The van der Waals surface area contributed by atoms with E-state index in [2.05, 4.69) is 22.3 Å². The number of nitrogens with one attached hydrogen (secondary N) is 1. The Morgan fingerprint density at radius 2 is 2.47 bits per heavy atom. The van der Waals surface area contributed by atoms with Crippen LogP contribution in [0, 0.1) is 0 Å². The Hall–Kier alpha value is -0.670. The van der Waals surface area contributed by atoms with Gasteiger partial charge in [0.05, 0.1) is 6.04 Å². The van der Waals surface area contributed by atoms with Crippen molar-refractivity contribution in [1.29, 1.82) is 0 Å². The number of piperidine rings is 1. The molecular weight excluding hydrogens is 210 g/mol. The highest BCUT2D eigenvalue weighted by atomic mass is 35.5. The summed E-state index contributed by atoms with van der Waals surface area (Å²) in [4.78, 5) is 2.47. The first-order valence-corrected chi connectivity index (χ1v) is 5.99. The van der Waals surface area contributed by atoms with Crippen molar-refractivity contribution in [3.05, 3.63) is 23.5 Å². The zero-order valence-electron chi connectivity index (χ0n) is 9.12. The summed E-state index contributed by atoms with van der Waals surface area (Å²) in [7, 11) is 0. The van der Waals surface area contributed by atoms with Crippen LogP contribution in [-0.4, -0.2) is 35.6 Å². The van der Waals surface area contributed by atoms with Crippen LogP contribution in [0.1, 0.15) is 19.8 Å². The van der Waals surface area contributed by atoms with Gasteiger partial charge in [0, 0.05) is 12.7 Å². The Morgan fingerprint density at radius 3 is 3.20 bits per heavy atom. The van der Waals surface area contributed by atoms with Crippen molar-refractivity contribution in [3.63, 3.8) is 0 Å². The molecule has 2 heterocycles. The van der Waals surface area contributed by atoms with E-state index in [-0.39, 0.29) is 0 Å². The monoisotopic (exact) mass is 227 g/mol. The highest BCUT2D eigenvalue weighted by molar-refractivity contribution is 6.29. The zero-order chi connectivity index (χ0) is 10.7. The molecule has 4 heteroatoms. The van der Waals surface area contributed by atoms with Crippen LogP contribution in [0.25, 0.3) is 0 Å². The second-order valence-electron chi connectivity index (χ2n) is 4.04. The molecule has 0 aliphatic carbocycles. The van der Waals surface area contributed by atoms with E-state index in [0.717, 1.165) is 18.2 Å². The predicted molar refractivity (Wildman–Crippen MR) is 63.2 cm³/mol. The van der Waals surface area contributed by atoms with Gasteiger partial charge in [-0.3, -0.25) is 5.01 Å². The summed E-state index contributed by atoms with van der Waals surface area (Å²) in [5.74, 6) is 0. The van der Waals surface area contributed by atoms with Gasteiger partial charge >= 0.3 is 0 Å².